The molecule has 0 bridgehead atoms. The summed E-state index contributed by atoms with van der Waals surface area (Å²) in [6.07, 6.45) is 2.30. The first kappa shape index (κ1) is 22.2. The number of carbonyl (C=O) groups excluding carboxylic acids is 1. The summed E-state index contributed by atoms with van der Waals surface area (Å²) in [6, 6.07) is 12.8. The number of nitrogens with one attached hydrogen (secondary N) is 4. The zero-order chi connectivity index (χ0) is 23.7. The zero-order valence-electron chi connectivity index (χ0n) is 18.4. The molecule has 0 aliphatic carbocycles. The highest BCUT2D eigenvalue weighted by Gasteiger charge is 2.32. The molecule has 3 aromatic rings. The van der Waals surface area contributed by atoms with Gasteiger partial charge in [0.1, 0.15) is 30.2 Å². The monoisotopic (exact) mass is 466 g/mol. The maximum Gasteiger partial charge on any atom is 0.251 e. The number of halogens is 2. The van der Waals surface area contributed by atoms with Crippen molar-refractivity contribution >= 4 is 11.6 Å². The van der Waals surface area contributed by atoms with E-state index < -0.39 is 0 Å². The minimum atomic E-state index is -0.376. The van der Waals surface area contributed by atoms with E-state index in [2.05, 4.69) is 26.5 Å². The van der Waals surface area contributed by atoms with Crippen LogP contribution in [0.15, 0.2) is 60.9 Å². The third kappa shape index (κ3) is 4.43. The lowest BCUT2D eigenvalue weighted by Gasteiger charge is -2.24. The minimum absolute atomic E-state index is 0.123. The van der Waals surface area contributed by atoms with Crippen molar-refractivity contribution < 1.29 is 18.3 Å². The average Bonchev–Trinajstić information content (AvgIpc) is 3.40. The van der Waals surface area contributed by atoms with Crippen molar-refractivity contribution in [1.29, 1.82) is 0 Å². The molecule has 1 aromatic heterocycles. The normalized spacial score (nSPS) is 21.7. The number of ether oxygens (including phenoxy) is 1. The number of likely N-dealkylation sites (N-methyl/N-ethyl adjacent to an activating group) is 1. The number of hydrogen-bond donors (Lipinski definition) is 4. The minimum Gasteiger partial charge on any atom is -0.491 e. The van der Waals surface area contributed by atoms with Crippen molar-refractivity contribution in [3.8, 4) is 5.75 Å². The number of pyridine rings is 1. The number of hydrazine groups is 1. The van der Waals surface area contributed by atoms with E-state index in [4.69, 9.17) is 4.74 Å². The number of carbonyl (C=O) groups is 1. The molecule has 3 heterocycles. The van der Waals surface area contributed by atoms with Crippen molar-refractivity contribution in [1.82, 2.24) is 26.1 Å². The topological polar surface area (TPSA) is 90.6 Å². The summed E-state index contributed by atoms with van der Waals surface area (Å²) in [5.41, 5.74) is 8.78. The lowest BCUT2D eigenvalue weighted by atomic mass is 10.1. The number of amides is 1. The quantitative estimate of drug-likeness (QED) is 0.444. The van der Waals surface area contributed by atoms with Crippen LogP contribution < -0.4 is 26.2 Å². The number of anilines is 1. The second-order valence-electron chi connectivity index (χ2n) is 8.25. The van der Waals surface area contributed by atoms with Crippen LogP contribution in [0.2, 0.25) is 0 Å². The summed E-state index contributed by atoms with van der Waals surface area (Å²) >= 11 is 0. The number of rotatable bonds is 6. The first-order valence-electron chi connectivity index (χ1n) is 10.9. The van der Waals surface area contributed by atoms with Crippen molar-refractivity contribution in [2.45, 2.75) is 18.4 Å². The summed E-state index contributed by atoms with van der Waals surface area (Å²) in [7, 11) is 1.89. The molecule has 0 radical (unpaired) electrons. The van der Waals surface area contributed by atoms with Crippen LogP contribution in [0, 0.1) is 11.6 Å². The van der Waals surface area contributed by atoms with Gasteiger partial charge in [-0.05, 0) is 37.4 Å². The number of nitrogens with zero attached hydrogens (tertiary/aromatic N) is 2. The predicted octanol–water partition coefficient (Wildman–Crippen LogP) is 2.70. The molecule has 1 saturated heterocycles. The summed E-state index contributed by atoms with van der Waals surface area (Å²) in [5.74, 6) is -0.548. The Labute approximate surface area is 195 Å². The Hall–Kier alpha value is -3.60. The Morgan fingerprint density at radius 3 is 2.91 bits per heavy atom. The van der Waals surface area contributed by atoms with Gasteiger partial charge in [0.2, 0.25) is 0 Å². The fourth-order valence-electron chi connectivity index (χ4n) is 4.19. The molecule has 4 N–H and O–H groups in total. The highest BCUT2D eigenvalue weighted by atomic mass is 19.1. The molecular weight excluding hydrogens is 442 g/mol. The van der Waals surface area contributed by atoms with Gasteiger partial charge in [-0.25, -0.2) is 19.6 Å². The van der Waals surface area contributed by atoms with Gasteiger partial charge in [0.25, 0.3) is 5.91 Å². The fraction of sp³-hybridized carbons (Fsp3) is 0.250. The molecule has 0 saturated carbocycles. The molecule has 2 aliphatic heterocycles. The van der Waals surface area contributed by atoms with Crippen LogP contribution in [0.5, 0.6) is 5.75 Å². The number of fused-ring (bicyclic) bond motifs is 1. The molecule has 176 valence electrons. The van der Waals surface area contributed by atoms with Crippen LogP contribution in [0.3, 0.4) is 0 Å². The summed E-state index contributed by atoms with van der Waals surface area (Å²) < 4.78 is 33.0. The Morgan fingerprint density at radius 2 is 2.06 bits per heavy atom. The molecule has 2 unspecified atom stereocenters. The van der Waals surface area contributed by atoms with Crippen LogP contribution in [0.1, 0.15) is 33.7 Å². The largest absolute Gasteiger partial charge is 0.491 e. The number of benzene rings is 2. The SMILES string of the molecule is CN1C(CNc2cccc(C(=O)N[C@@H]3COc4cc(F)ccc43)c2)NNC1c1ccncc1F. The van der Waals surface area contributed by atoms with Gasteiger partial charge in [-0.2, -0.15) is 0 Å². The average molecular weight is 466 g/mol. The number of aromatic nitrogens is 1. The molecule has 0 spiro atoms. The van der Waals surface area contributed by atoms with Gasteiger partial charge in [0.05, 0.1) is 18.4 Å². The maximum absolute atomic E-state index is 14.1. The third-order valence-corrected chi connectivity index (χ3v) is 6.07. The van der Waals surface area contributed by atoms with Crippen molar-refractivity contribution in [2.24, 2.45) is 0 Å². The highest BCUT2D eigenvalue weighted by Crippen LogP contribution is 2.33. The van der Waals surface area contributed by atoms with E-state index in [0.29, 0.717) is 23.4 Å². The van der Waals surface area contributed by atoms with Gasteiger partial charge in [-0.15, -0.1) is 0 Å². The molecular formula is C24H24F2N6O2. The molecule has 5 rings (SSSR count). The van der Waals surface area contributed by atoms with E-state index in [1.54, 1.807) is 36.5 Å². The fourth-order valence-corrected chi connectivity index (χ4v) is 4.19. The van der Waals surface area contributed by atoms with Crippen molar-refractivity contribution in [3.05, 3.63) is 89.2 Å². The molecule has 10 heteroatoms. The van der Waals surface area contributed by atoms with Gasteiger partial charge in [-0.3, -0.25) is 14.7 Å². The molecule has 8 nitrogen and oxygen atoms in total. The van der Waals surface area contributed by atoms with Gasteiger partial charge in [0, 0.05) is 41.2 Å². The van der Waals surface area contributed by atoms with Gasteiger partial charge in [-0.1, -0.05) is 12.1 Å². The molecule has 2 aliphatic rings. The van der Waals surface area contributed by atoms with E-state index in [1.807, 2.05) is 18.0 Å². The van der Waals surface area contributed by atoms with Gasteiger partial charge < -0.3 is 15.4 Å². The van der Waals surface area contributed by atoms with E-state index in [-0.39, 0.29) is 42.5 Å². The van der Waals surface area contributed by atoms with Crippen LogP contribution in [0.4, 0.5) is 14.5 Å². The maximum atomic E-state index is 14.1. The number of hydrogen-bond acceptors (Lipinski definition) is 7. The summed E-state index contributed by atoms with van der Waals surface area (Å²) in [5, 5.41) is 6.26. The summed E-state index contributed by atoms with van der Waals surface area (Å²) in [6.45, 7) is 0.765. The Morgan fingerprint density at radius 1 is 1.18 bits per heavy atom. The van der Waals surface area contributed by atoms with Crippen LogP contribution in [-0.2, 0) is 0 Å². The van der Waals surface area contributed by atoms with Gasteiger partial charge in [0.15, 0.2) is 0 Å². The standard InChI is InChI=1S/C24H24F2N6O2/c1-32-22(30-31-23(32)17-7-8-27-11-19(17)26)12-28-16-4-2-3-14(9-16)24(33)29-20-13-34-21-10-15(25)5-6-18(20)21/h2-11,20,22-23,28,30-31H,12-13H2,1H3,(H,29,33)/t20-,22?,23?/m1/s1. The Balaban J connectivity index is 1.20. The van der Waals surface area contributed by atoms with E-state index in [9.17, 15) is 13.6 Å². The Kier molecular flexibility index (Phi) is 6.10. The molecule has 1 fully saturated rings. The lowest BCUT2D eigenvalue weighted by Crippen LogP contribution is -2.40. The second-order valence-corrected chi connectivity index (χ2v) is 8.25. The first-order valence-corrected chi connectivity index (χ1v) is 10.9. The van der Waals surface area contributed by atoms with E-state index in [0.717, 1.165) is 11.3 Å². The summed E-state index contributed by atoms with van der Waals surface area (Å²) in [4.78, 5) is 18.6. The van der Waals surface area contributed by atoms with E-state index in [1.165, 1.54) is 18.3 Å². The Bertz CT molecular complexity index is 1210. The zero-order valence-corrected chi connectivity index (χ0v) is 18.4. The predicted molar refractivity (Wildman–Crippen MR) is 122 cm³/mol. The van der Waals surface area contributed by atoms with Crippen LogP contribution in [-0.4, -0.2) is 42.2 Å². The smallest absolute Gasteiger partial charge is 0.251 e. The highest BCUT2D eigenvalue weighted by molar-refractivity contribution is 5.95. The lowest BCUT2D eigenvalue weighted by molar-refractivity contribution is 0.0930. The van der Waals surface area contributed by atoms with E-state index >= 15 is 0 Å². The van der Waals surface area contributed by atoms with Gasteiger partial charge >= 0.3 is 0 Å². The molecule has 34 heavy (non-hydrogen) atoms. The first-order chi connectivity index (χ1) is 16.5. The van der Waals surface area contributed by atoms with Crippen LogP contribution in [0.25, 0.3) is 0 Å². The molecule has 3 atom stereocenters. The molecule has 2 aromatic carbocycles. The van der Waals surface area contributed by atoms with Crippen molar-refractivity contribution in [2.75, 3.05) is 25.5 Å². The second kappa shape index (κ2) is 9.34. The van der Waals surface area contributed by atoms with Crippen molar-refractivity contribution in [3.63, 3.8) is 0 Å². The molecule has 1 amide bonds. The third-order valence-electron chi connectivity index (χ3n) is 6.07. The van der Waals surface area contributed by atoms with Crippen LogP contribution >= 0.6 is 0 Å².